The van der Waals surface area contributed by atoms with Gasteiger partial charge in [-0.1, -0.05) is 44.2 Å². The Morgan fingerprint density at radius 2 is 1.69 bits per heavy atom. The monoisotopic (exact) mass is 522 g/mol. The molecule has 1 heterocycles. The fourth-order valence-electron chi connectivity index (χ4n) is 3.27. The Morgan fingerprint density at radius 3 is 2.25 bits per heavy atom. The predicted molar refractivity (Wildman–Crippen MR) is 120 cm³/mol. The van der Waals surface area contributed by atoms with Gasteiger partial charge in [-0.15, -0.1) is 0 Å². The summed E-state index contributed by atoms with van der Waals surface area (Å²) < 4.78 is 69.0. The third-order valence-corrected chi connectivity index (χ3v) is 7.10. The standard InChI is InChI=1S/C23H18BrF3N2O2S/c1-15(2)21-13-19(24)22(29(21)20-11-7-6-10-18(20)23(25,26)27)12-17(14-28)32(30,31)16-8-4-3-5-9-16/h3-13,15H,1-2H3/b17-12+. The van der Waals surface area contributed by atoms with Crippen LogP contribution in [0.3, 0.4) is 0 Å². The first-order valence-electron chi connectivity index (χ1n) is 9.48. The fourth-order valence-corrected chi connectivity index (χ4v) is 4.95. The molecule has 0 aliphatic heterocycles. The number of allylic oxidation sites excluding steroid dienone is 1. The number of rotatable bonds is 5. The van der Waals surface area contributed by atoms with E-state index in [1.165, 1.54) is 47.0 Å². The molecule has 0 saturated heterocycles. The van der Waals surface area contributed by atoms with Crippen molar-refractivity contribution in [3.63, 3.8) is 0 Å². The second-order valence-electron chi connectivity index (χ2n) is 7.24. The SMILES string of the molecule is CC(C)c1cc(Br)c(/C=C(\C#N)S(=O)(=O)c2ccccc2)n1-c1ccccc1C(F)(F)F. The maximum absolute atomic E-state index is 13.8. The Kier molecular flexibility index (Phi) is 6.67. The molecule has 1 aromatic heterocycles. The molecule has 3 aromatic rings. The molecule has 0 amide bonds. The Hall–Kier alpha value is -2.83. The Morgan fingerprint density at radius 1 is 1.09 bits per heavy atom. The van der Waals surface area contributed by atoms with Gasteiger partial charge in [0.25, 0.3) is 0 Å². The van der Waals surface area contributed by atoms with Gasteiger partial charge in [0.05, 0.1) is 21.8 Å². The summed E-state index contributed by atoms with van der Waals surface area (Å²) >= 11 is 3.34. The molecule has 166 valence electrons. The van der Waals surface area contributed by atoms with E-state index in [2.05, 4.69) is 15.9 Å². The molecule has 4 nitrogen and oxygen atoms in total. The molecule has 0 saturated carbocycles. The van der Waals surface area contributed by atoms with Crippen LogP contribution in [0.25, 0.3) is 11.8 Å². The molecule has 0 bridgehead atoms. The molecule has 0 N–H and O–H groups in total. The lowest BCUT2D eigenvalue weighted by molar-refractivity contribution is -0.137. The molecule has 0 radical (unpaired) electrons. The van der Waals surface area contributed by atoms with Crippen LogP contribution in [-0.4, -0.2) is 13.0 Å². The molecular formula is C23H18BrF3N2O2S. The Bertz CT molecular complexity index is 1320. The molecule has 3 rings (SSSR count). The zero-order valence-electron chi connectivity index (χ0n) is 17.1. The van der Waals surface area contributed by atoms with E-state index in [4.69, 9.17) is 0 Å². The van der Waals surface area contributed by atoms with Crippen LogP contribution in [0.15, 0.2) is 74.9 Å². The van der Waals surface area contributed by atoms with Gasteiger partial charge in [0, 0.05) is 10.2 Å². The normalized spacial score (nSPS) is 12.8. The maximum Gasteiger partial charge on any atom is 0.418 e. The van der Waals surface area contributed by atoms with E-state index >= 15 is 0 Å². The van der Waals surface area contributed by atoms with E-state index in [1.54, 1.807) is 18.2 Å². The lowest BCUT2D eigenvalue weighted by atomic mass is 10.1. The summed E-state index contributed by atoms with van der Waals surface area (Å²) in [5, 5.41) is 9.63. The number of sulfone groups is 1. The third-order valence-electron chi connectivity index (χ3n) is 4.78. The quantitative estimate of drug-likeness (QED) is 0.349. The van der Waals surface area contributed by atoms with Crippen LogP contribution in [0, 0.1) is 11.3 Å². The molecule has 9 heteroatoms. The fraction of sp³-hybridized carbons (Fsp3) is 0.174. The number of nitriles is 1. The van der Waals surface area contributed by atoms with Gasteiger partial charge in [-0.3, -0.25) is 0 Å². The van der Waals surface area contributed by atoms with Crippen molar-refractivity contribution in [2.75, 3.05) is 0 Å². The maximum atomic E-state index is 13.8. The molecule has 0 spiro atoms. The smallest absolute Gasteiger partial charge is 0.312 e. The minimum Gasteiger partial charge on any atom is -0.312 e. The Balaban J connectivity index is 2.34. The van der Waals surface area contributed by atoms with Gasteiger partial charge < -0.3 is 4.57 Å². The van der Waals surface area contributed by atoms with E-state index < -0.39 is 26.5 Å². The van der Waals surface area contributed by atoms with Crippen LogP contribution in [0.4, 0.5) is 13.2 Å². The van der Waals surface area contributed by atoms with Gasteiger partial charge >= 0.3 is 6.18 Å². The average molecular weight is 523 g/mol. The molecule has 0 aliphatic rings. The van der Waals surface area contributed by atoms with Crippen molar-refractivity contribution in [2.45, 2.75) is 30.8 Å². The van der Waals surface area contributed by atoms with Crippen LogP contribution in [0.5, 0.6) is 0 Å². The van der Waals surface area contributed by atoms with Gasteiger partial charge in [-0.2, -0.15) is 18.4 Å². The number of halogens is 4. The highest BCUT2D eigenvalue weighted by Gasteiger charge is 2.35. The van der Waals surface area contributed by atoms with Crippen LogP contribution in [-0.2, 0) is 16.0 Å². The largest absolute Gasteiger partial charge is 0.418 e. The number of alkyl halides is 3. The number of nitrogens with zero attached hydrogens (tertiary/aromatic N) is 2. The predicted octanol–water partition coefficient (Wildman–Crippen LogP) is 6.72. The lowest BCUT2D eigenvalue weighted by Gasteiger charge is -2.19. The summed E-state index contributed by atoms with van der Waals surface area (Å²) in [4.78, 5) is -0.662. The second-order valence-corrected chi connectivity index (χ2v) is 10.0. The van der Waals surface area contributed by atoms with E-state index in [-0.39, 0.29) is 22.2 Å². The van der Waals surface area contributed by atoms with Crippen LogP contribution >= 0.6 is 15.9 Å². The van der Waals surface area contributed by atoms with Crippen molar-refractivity contribution in [2.24, 2.45) is 0 Å². The van der Waals surface area contributed by atoms with E-state index in [1.807, 2.05) is 13.8 Å². The summed E-state index contributed by atoms with van der Waals surface area (Å²) in [5.74, 6) is -0.189. The topological polar surface area (TPSA) is 62.9 Å². The first kappa shape index (κ1) is 23.8. The van der Waals surface area contributed by atoms with Gasteiger partial charge in [-0.05, 0) is 58.3 Å². The van der Waals surface area contributed by atoms with Crippen LogP contribution in [0.1, 0.15) is 36.7 Å². The Labute approximate surface area is 192 Å². The minimum absolute atomic E-state index is 0.0817. The van der Waals surface area contributed by atoms with Crippen molar-refractivity contribution in [3.05, 3.63) is 87.0 Å². The van der Waals surface area contributed by atoms with E-state index in [0.717, 1.165) is 12.1 Å². The number of para-hydroxylation sites is 1. The molecule has 0 fully saturated rings. The number of hydrogen-bond acceptors (Lipinski definition) is 3. The number of benzene rings is 2. The van der Waals surface area contributed by atoms with Crippen molar-refractivity contribution in [3.8, 4) is 11.8 Å². The van der Waals surface area contributed by atoms with Crippen LogP contribution < -0.4 is 0 Å². The zero-order chi connectivity index (χ0) is 23.7. The van der Waals surface area contributed by atoms with Gasteiger partial charge in [0.1, 0.15) is 6.07 Å². The third kappa shape index (κ3) is 4.52. The van der Waals surface area contributed by atoms with Crippen molar-refractivity contribution >= 4 is 31.8 Å². The molecule has 2 aromatic carbocycles. The average Bonchev–Trinajstić information content (AvgIpc) is 3.08. The zero-order valence-corrected chi connectivity index (χ0v) is 19.5. The molecule has 0 aliphatic carbocycles. The first-order chi connectivity index (χ1) is 15.0. The minimum atomic E-state index is -4.63. The highest BCUT2D eigenvalue weighted by molar-refractivity contribution is 9.10. The van der Waals surface area contributed by atoms with Crippen molar-refractivity contribution in [1.82, 2.24) is 4.57 Å². The molecule has 0 unspecified atom stereocenters. The van der Waals surface area contributed by atoms with E-state index in [9.17, 15) is 26.9 Å². The summed E-state index contributed by atoms with van der Waals surface area (Å²) in [6.45, 7) is 3.63. The summed E-state index contributed by atoms with van der Waals surface area (Å²) in [6.07, 6.45) is -3.53. The molecule has 32 heavy (non-hydrogen) atoms. The number of hydrogen-bond donors (Lipinski definition) is 0. The van der Waals surface area contributed by atoms with Crippen molar-refractivity contribution in [1.29, 1.82) is 5.26 Å². The second kappa shape index (κ2) is 8.96. The van der Waals surface area contributed by atoms with Crippen LogP contribution in [0.2, 0.25) is 0 Å². The lowest BCUT2D eigenvalue weighted by Crippen LogP contribution is -2.14. The highest BCUT2D eigenvalue weighted by Crippen LogP contribution is 2.39. The van der Waals surface area contributed by atoms with Crippen molar-refractivity contribution < 1.29 is 21.6 Å². The number of aromatic nitrogens is 1. The molecule has 0 atom stereocenters. The summed E-state index contributed by atoms with van der Waals surface area (Å²) in [7, 11) is -4.17. The van der Waals surface area contributed by atoms with Gasteiger partial charge in [-0.25, -0.2) is 8.42 Å². The first-order valence-corrected chi connectivity index (χ1v) is 11.8. The van der Waals surface area contributed by atoms with Gasteiger partial charge in [0.15, 0.2) is 4.91 Å². The van der Waals surface area contributed by atoms with Gasteiger partial charge in [0.2, 0.25) is 9.84 Å². The highest BCUT2D eigenvalue weighted by atomic mass is 79.9. The van der Waals surface area contributed by atoms with E-state index in [0.29, 0.717) is 10.2 Å². The molecular weight excluding hydrogens is 505 g/mol. The summed E-state index contributed by atoms with van der Waals surface area (Å²) in [5.41, 5.74) is -0.380. The summed E-state index contributed by atoms with van der Waals surface area (Å²) in [6, 6.07) is 15.8.